The van der Waals surface area contributed by atoms with Crippen LogP contribution in [0.25, 0.3) is 0 Å². The molecule has 1 heterocycles. The van der Waals surface area contributed by atoms with Gasteiger partial charge in [0, 0.05) is 32.8 Å². The molecule has 0 spiro atoms. The van der Waals surface area contributed by atoms with E-state index in [-0.39, 0.29) is 18.0 Å². The molecule has 1 fully saturated rings. The molecular formula is C15H29N3O4. The van der Waals surface area contributed by atoms with E-state index in [4.69, 9.17) is 9.47 Å². The fourth-order valence-electron chi connectivity index (χ4n) is 2.18. The van der Waals surface area contributed by atoms with Gasteiger partial charge in [0.25, 0.3) is 0 Å². The molecule has 0 aromatic heterocycles. The Morgan fingerprint density at radius 2 is 1.86 bits per heavy atom. The molecule has 1 saturated heterocycles. The van der Waals surface area contributed by atoms with E-state index in [9.17, 15) is 9.59 Å². The van der Waals surface area contributed by atoms with Gasteiger partial charge in [0.15, 0.2) is 0 Å². The number of nitrogens with zero attached hydrogens (tertiary/aromatic N) is 1. The third-order valence-electron chi connectivity index (χ3n) is 3.33. The number of likely N-dealkylation sites (tertiary alicyclic amines) is 1. The summed E-state index contributed by atoms with van der Waals surface area (Å²) in [6, 6.07) is 0.256. The Balaban J connectivity index is 2.20. The van der Waals surface area contributed by atoms with Crippen molar-refractivity contribution >= 4 is 12.0 Å². The molecule has 0 aliphatic carbocycles. The van der Waals surface area contributed by atoms with Crippen LogP contribution in [0.5, 0.6) is 0 Å². The fourth-order valence-corrected chi connectivity index (χ4v) is 2.18. The summed E-state index contributed by atoms with van der Waals surface area (Å²) in [5.41, 5.74) is -0.466. The van der Waals surface area contributed by atoms with Crippen molar-refractivity contribution in [3.05, 3.63) is 0 Å². The number of piperidine rings is 1. The third-order valence-corrected chi connectivity index (χ3v) is 3.33. The van der Waals surface area contributed by atoms with Crippen molar-refractivity contribution in [1.29, 1.82) is 0 Å². The molecule has 0 aromatic carbocycles. The van der Waals surface area contributed by atoms with Gasteiger partial charge in [-0.2, -0.15) is 0 Å². The highest BCUT2D eigenvalue weighted by molar-refractivity contribution is 5.78. The Labute approximate surface area is 132 Å². The lowest BCUT2D eigenvalue weighted by molar-refractivity contribution is -0.120. The molecule has 2 N–H and O–H groups in total. The van der Waals surface area contributed by atoms with Crippen LogP contribution < -0.4 is 10.6 Å². The molecule has 7 heteroatoms. The number of carbonyl (C=O) groups excluding carboxylic acids is 2. The molecule has 128 valence electrons. The average Bonchev–Trinajstić information content (AvgIpc) is 2.44. The number of rotatable bonds is 6. The Kier molecular flexibility index (Phi) is 7.61. The van der Waals surface area contributed by atoms with E-state index in [1.54, 1.807) is 12.0 Å². The lowest BCUT2D eigenvalue weighted by atomic mass is 10.1. The zero-order chi connectivity index (χ0) is 16.6. The molecule has 2 amide bonds. The van der Waals surface area contributed by atoms with E-state index in [2.05, 4.69) is 10.6 Å². The van der Waals surface area contributed by atoms with Crippen LogP contribution in [-0.2, 0) is 14.3 Å². The molecule has 7 nitrogen and oxygen atoms in total. The number of hydrogen-bond acceptors (Lipinski definition) is 5. The highest BCUT2D eigenvalue weighted by Crippen LogP contribution is 2.15. The van der Waals surface area contributed by atoms with Crippen molar-refractivity contribution in [2.75, 3.05) is 39.9 Å². The number of amides is 2. The summed E-state index contributed by atoms with van der Waals surface area (Å²) in [5, 5.41) is 5.99. The smallest absolute Gasteiger partial charge is 0.410 e. The molecule has 0 aromatic rings. The van der Waals surface area contributed by atoms with Gasteiger partial charge in [-0.1, -0.05) is 0 Å². The quantitative estimate of drug-likeness (QED) is 0.707. The largest absolute Gasteiger partial charge is 0.444 e. The first kappa shape index (κ1) is 18.7. The molecule has 0 atom stereocenters. The zero-order valence-electron chi connectivity index (χ0n) is 14.1. The SMILES string of the molecule is COCCNC(=O)CNC1CCN(C(=O)OC(C)(C)C)CC1. The van der Waals surface area contributed by atoms with Crippen LogP contribution in [0.3, 0.4) is 0 Å². The molecule has 22 heavy (non-hydrogen) atoms. The van der Waals surface area contributed by atoms with E-state index in [1.807, 2.05) is 20.8 Å². The Bertz CT molecular complexity index is 360. The van der Waals surface area contributed by atoms with Crippen molar-refractivity contribution in [2.24, 2.45) is 0 Å². The fraction of sp³-hybridized carbons (Fsp3) is 0.867. The van der Waals surface area contributed by atoms with Crippen LogP contribution in [0, 0.1) is 0 Å². The van der Waals surface area contributed by atoms with Crippen LogP contribution >= 0.6 is 0 Å². The lowest BCUT2D eigenvalue weighted by Crippen LogP contribution is -2.48. The van der Waals surface area contributed by atoms with Crippen LogP contribution in [0.1, 0.15) is 33.6 Å². The summed E-state index contributed by atoms with van der Waals surface area (Å²) >= 11 is 0. The van der Waals surface area contributed by atoms with Gasteiger partial charge >= 0.3 is 6.09 Å². The van der Waals surface area contributed by atoms with Crippen LogP contribution in [0.15, 0.2) is 0 Å². The third kappa shape index (κ3) is 7.61. The average molecular weight is 315 g/mol. The Morgan fingerprint density at radius 1 is 1.23 bits per heavy atom. The van der Waals surface area contributed by atoms with E-state index in [0.717, 1.165) is 12.8 Å². The van der Waals surface area contributed by atoms with Gasteiger partial charge in [-0.25, -0.2) is 4.79 Å². The maximum atomic E-state index is 11.9. The van der Waals surface area contributed by atoms with E-state index in [1.165, 1.54) is 0 Å². The molecule has 0 radical (unpaired) electrons. The minimum atomic E-state index is -0.466. The monoisotopic (exact) mass is 315 g/mol. The van der Waals surface area contributed by atoms with Gasteiger partial charge in [0.1, 0.15) is 5.60 Å². The summed E-state index contributed by atoms with van der Waals surface area (Å²) in [6.45, 7) is 8.22. The molecule has 0 bridgehead atoms. The van der Waals surface area contributed by atoms with Crippen LogP contribution in [0.2, 0.25) is 0 Å². The number of carbonyl (C=O) groups is 2. The summed E-state index contributed by atoms with van der Waals surface area (Å²) in [5.74, 6) is -0.0355. The topological polar surface area (TPSA) is 79.9 Å². The zero-order valence-corrected chi connectivity index (χ0v) is 14.1. The van der Waals surface area contributed by atoms with Gasteiger partial charge in [0.2, 0.25) is 5.91 Å². The molecular weight excluding hydrogens is 286 g/mol. The van der Waals surface area contributed by atoms with Crippen molar-refractivity contribution in [1.82, 2.24) is 15.5 Å². The number of nitrogens with one attached hydrogen (secondary N) is 2. The van der Waals surface area contributed by atoms with Gasteiger partial charge in [-0.15, -0.1) is 0 Å². The minimum absolute atomic E-state index is 0.0355. The first-order valence-corrected chi connectivity index (χ1v) is 7.79. The predicted molar refractivity (Wildman–Crippen MR) is 83.7 cm³/mol. The van der Waals surface area contributed by atoms with Crippen LogP contribution in [0.4, 0.5) is 4.79 Å². The van der Waals surface area contributed by atoms with Crippen LogP contribution in [-0.4, -0.2) is 68.4 Å². The second-order valence-corrected chi connectivity index (χ2v) is 6.47. The lowest BCUT2D eigenvalue weighted by Gasteiger charge is -2.33. The van der Waals surface area contributed by atoms with Crippen molar-refractivity contribution in [3.63, 3.8) is 0 Å². The number of methoxy groups -OCH3 is 1. The Hall–Kier alpha value is -1.34. The second kappa shape index (κ2) is 8.95. The van der Waals surface area contributed by atoms with Gasteiger partial charge < -0.3 is 25.0 Å². The van der Waals surface area contributed by atoms with Crippen molar-refractivity contribution in [3.8, 4) is 0 Å². The molecule has 1 aliphatic rings. The molecule has 0 unspecified atom stereocenters. The standard InChI is InChI=1S/C15H29N3O4/c1-15(2,3)22-14(20)18-8-5-12(6-9-18)17-11-13(19)16-7-10-21-4/h12,17H,5-11H2,1-4H3,(H,16,19). The second-order valence-electron chi connectivity index (χ2n) is 6.47. The summed E-state index contributed by atoms with van der Waals surface area (Å²) < 4.78 is 10.2. The highest BCUT2D eigenvalue weighted by Gasteiger charge is 2.26. The summed E-state index contributed by atoms with van der Waals surface area (Å²) in [7, 11) is 1.60. The van der Waals surface area contributed by atoms with Gasteiger partial charge in [-0.3, -0.25) is 4.79 Å². The van der Waals surface area contributed by atoms with Crippen molar-refractivity contribution in [2.45, 2.75) is 45.3 Å². The number of hydrogen-bond donors (Lipinski definition) is 2. The molecule has 1 aliphatic heterocycles. The minimum Gasteiger partial charge on any atom is -0.444 e. The van der Waals surface area contributed by atoms with Gasteiger partial charge in [0.05, 0.1) is 13.2 Å². The maximum Gasteiger partial charge on any atom is 0.410 e. The first-order valence-electron chi connectivity index (χ1n) is 7.79. The summed E-state index contributed by atoms with van der Waals surface area (Å²) in [4.78, 5) is 25.2. The summed E-state index contributed by atoms with van der Waals surface area (Å²) in [6.07, 6.45) is 1.39. The number of ether oxygens (including phenoxy) is 2. The van der Waals surface area contributed by atoms with E-state index in [0.29, 0.717) is 32.8 Å². The molecule has 0 saturated carbocycles. The van der Waals surface area contributed by atoms with Crippen molar-refractivity contribution < 1.29 is 19.1 Å². The van der Waals surface area contributed by atoms with E-state index >= 15 is 0 Å². The van der Waals surface area contributed by atoms with E-state index < -0.39 is 5.60 Å². The highest BCUT2D eigenvalue weighted by atomic mass is 16.6. The Morgan fingerprint density at radius 3 is 2.41 bits per heavy atom. The predicted octanol–water partition coefficient (Wildman–Crippen LogP) is 0.738. The maximum absolute atomic E-state index is 11.9. The normalized spacial score (nSPS) is 16.5. The first-order chi connectivity index (χ1) is 10.3. The van der Waals surface area contributed by atoms with Gasteiger partial charge in [-0.05, 0) is 33.6 Å². The molecule has 1 rings (SSSR count).